The molecule has 0 heterocycles. The van der Waals surface area contributed by atoms with Crippen molar-refractivity contribution in [3.63, 3.8) is 0 Å². The number of unbranched alkanes of at least 4 members (excludes halogenated alkanes) is 18. The quantitative estimate of drug-likeness (QED) is 0.0237. The standard InChI is InChI=1S/C43H78NO9P/c1-3-5-7-9-11-13-15-17-19-20-21-22-24-26-28-30-32-34-36-50-37-40(38-51-54(48,49)52-39-41(44)43(46)47)53-42(45)35-33-31-29-27-25-23-18-16-14-12-10-8-6-4-2/h10-13,16-19,40-41H,3-9,14-15,20-39,44H2,1-2H3,(H,46,47)(H,48,49)/b12-10-,13-11-,18-16-,19-17-. The Morgan fingerprint density at radius 2 is 1.04 bits per heavy atom. The average Bonchev–Trinajstić information content (AvgIpc) is 3.15. The molecule has 0 amide bonds. The van der Waals surface area contributed by atoms with E-state index < -0.39 is 45.1 Å². The highest BCUT2D eigenvalue weighted by atomic mass is 31.2. The van der Waals surface area contributed by atoms with Crippen molar-refractivity contribution < 1.29 is 42.7 Å². The number of hydrogen-bond acceptors (Lipinski definition) is 8. The number of phosphoric acid groups is 1. The van der Waals surface area contributed by atoms with Crippen molar-refractivity contribution in [1.29, 1.82) is 0 Å². The highest BCUT2D eigenvalue weighted by Crippen LogP contribution is 2.43. The fraction of sp³-hybridized carbons (Fsp3) is 0.767. The van der Waals surface area contributed by atoms with Gasteiger partial charge in [0, 0.05) is 13.0 Å². The predicted octanol–water partition coefficient (Wildman–Crippen LogP) is 11.5. The number of allylic oxidation sites excluding steroid dienone is 8. The van der Waals surface area contributed by atoms with Crippen molar-refractivity contribution in [3.8, 4) is 0 Å². The molecule has 0 aromatic rings. The molecule has 314 valence electrons. The van der Waals surface area contributed by atoms with Crippen LogP contribution in [0, 0.1) is 0 Å². The van der Waals surface area contributed by atoms with Crippen molar-refractivity contribution in [2.45, 2.75) is 187 Å². The Labute approximate surface area is 329 Å². The first-order valence-corrected chi connectivity index (χ1v) is 22.7. The summed E-state index contributed by atoms with van der Waals surface area (Å²) in [6.45, 7) is 3.78. The van der Waals surface area contributed by atoms with Crippen LogP contribution in [0.25, 0.3) is 0 Å². The number of esters is 1. The van der Waals surface area contributed by atoms with E-state index in [-0.39, 0.29) is 13.0 Å². The summed E-state index contributed by atoms with van der Waals surface area (Å²) in [4.78, 5) is 33.5. The fourth-order valence-electron chi connectivity index (χ4n) is 5.47. The summed E-state index contributed by atoms with van der Waals surface area (Å²) in [5.74, 6) is -1.80. The Kier molecular flexibility index (Phi) is 37.7. The van der Waals surface area contributed by atoms with E-state index >= 15 is 0 Å². The Balaban J connectivity index is 4.27. The van der Waals surface area contributed by atoms with Gasteiger partial charge in [0.25, 0.3) is 0 Å². The van der Waals surface area contributed by atoms with Crippen molar-refractivity contribution in [2.24, 2.45) is 5.73 Å². The summed E-state index contributed by atoms with van der Waals surface area (Å²) in [6, 6.07) is -1.48. The van der Waals surface area contributed by atoms with E-state index in [1.54, 1.807) is 0 Å². The molecule has 0 aliphatic carbocycles. The topological polar surface area (TPSA) is 155 Å². The molecule has 0 aliphatic rings. The zero-order valence-corrected chi connectivity index (χ0v) is 35.0. The number of nitrogens with two attached hydrogens (primary N) is 1. The van der Waals surface area contributed by atoms with Gasteiger partial charge in [0.2, 0.25) is 0 Å². The predicted molar refractivity (Wildman–Crippen MR) is 221 cm³/mol. The van der Waals surface area contributed by atoms with Gasteiger partial charge in [-0.1, -0.05) is 146 Å². The van der Waals surface area contributed by atoms with Crippen molar-refractivity contribution >= 4 is 19.8 Å². The van der Waals surface area contributed by atoms with Crippen LogP contribution in [0.15, 0.2) is 48.6 Å². The van der Waals surface area contributed by atoms with Crippen molar-refractivity contribution in [3.05, 3.63) is 48.6 Å². The Morgan fingerprint density at radius 1 is 0.593 bits per heavy atom. The van der Waals surface area contributed by atoms with Gasteiger partial charge >= 0.3 is 19.8 Å². The van der Waals surface area contributed by atoms with Crippen LogP contribution in [0.3, 0.4) is 0 Å². The lowest BCUT2D eigenvalue weighted by molar-refractivity contribution is -0.154. The minimum absolute atomic E-state index is 0.00607. The zero-order valence-electron chi connectivity index (χ0n) is 34.1. The summed E-state index contributed by atoms with van der Waals surface area (Å²) >= 11 is 0. The number of carbonyl (C=O) groups is 2. The van der Waals surface area contributed by atoms with Crippen molar-refractivity contribution in [2.75, 3.05) is 26.4 Å². The van der Waals surface area contributed by atoms with Gasteiger partial charge < -0.3 is 25.2 Å². The molecule has 0 aromatic heterocycles. The zero-order chi connectivity index (χ0) is 39.8. The highest BCUT2D eigenvalue weighted by Gasteiger charge is 2.27. The van der Waals surface area contributed by atoms with Crippen molar-refractivity contribution in [1.82, 2.24) is 0 Å². The summed E-state index contributed by atoms with van der Waals surface area (Å²) in [5.41, 5.74) is 5.35. The largest absolute Gasteiger partial charge is 0.480 e. The fourth-order valence-corrected chi connectivity index (χ4v) is 6.25. The summed E-state index contributed by atoms with van der Waals surface area (Å²) in [5, 5.41) is 8.89. The minimum atomic E-state index is -4.62. The summed E-state index contributed by atoms with van der Waals surface area (Å²) < 4.78 is 33.3. The minimum Gasteiger partial charge on any atom is -0.480 e. The number of aliphatic carboxylic acids is 1. The third-order valence-corrected chi connectivity index (χ3v) is 9.78. The van der Waals surface area contributed by atoms with Crippen LogP contribution in [0.5, 0.6) is 0 Å². The molecule has 0 spiro atoms. The van der Waals surface area contributed by atoms with E-state index in [0.29, 0.717) is 13.0 Å². The molecule has 54 heavy (non-hydrogen) atoms. The number of carbonyl (C=O) groups excluding carboxylic acids is 1. The maximum absolute atomic E-state index is 12.6. The van der Waals surface area contributed by atoms with Gasteiger partial charge in [0.05, 0.1) is 19.8 Å². The van der Waals surface area contributed by atoms with Crippen LogP contribution in [-0.2, 0) is 32.7 Å². The highest BCUT2D eigenvalue weighted by molar-refractivity contribution is 7.47. The molecule has 10 nitrogen and oxygen atoms in total. The number of rotatable bonds is 40. The summed E-state index contributed by atoms with van der Waals surface area (Å²) in [6.07, 6.45) is 44.4. The molecule has 0 bridgehead atoms. The molecule has 4 N–H and O–H groups in total. The molecule has 0 saturated carbocycles. The van der Waals surface area contributed by atoms with E-state index in [1.165, 1.54) is 70.6 Å². The summed E-state index contributed by atoms with van der Waals surface area (Å²) in [7, 11) is -4.62. The molecule has 3 unspecified atom stereocenters. The average molecular weight is 784 g/mol. The third-order valence-electron chi connectivity index (χ3n) is 8.83. The monoisotopic (exact) mass is 784 g/mol. The lowest BCUT2D eigenvalue weighted by atomic mass is 10.1. The van der Waals surface area contributed by atoms with E-state index in [4.69, 9.17) is 29.4 Å². The third kappa shape index (κ3) is 38.2. The maximum atomic E-state index is 12.6. The number of phosphoric ester groups is 1. The molecule has 0 aromatic carbocycles. The normalized spacial score (nSPS) is 14.4. The van der Waals surface area contributed by atoms with Crippen LogP contribution in [-0.4, -0.2) is 60.5 Å². The molecule has 0 rings (SSSR count). The van der Waals surface area contributed by atoms with Gasteiger partial charge in [-0.15, -0.1) is 0 Å². The van der Waals surface area contributed by atoms with E-state index in [0.717, 1.165) is 77.0 Å². The Morgan fingerprint density at radius 3 is 1.56 bits per heavy atom. The van der Waals surface area contributed by atoms with Crippen LogP contribution < -0.4 is 5.73 Å². The number of carboxylic acid groups (broad SMARTS) is 1. The van der Waals surface area contributed by atoms with E-state index in [1.807, 2.05) is 0 Å². The SMILES string of the molecule is CCCC/C=C\C/C=C\CCCCCCCC(=O)OC(COCCCCCCCCCC/C=C\C/C=C\CCCCC)COP(=O)(O)OCC(N)C(=O)O. The Bertz CT molecular complexity index is 1050. The first-order valence-electron chi connectivity index (χ1n) is 21.2. The molecule has 0 radical (unpaired) electrons. The number of carboxylic acids is 1. The second-order valence-electron chi connectivity index (χ2n) is 14.1. The smallest absolute Gasteiger partial charge is 0.472 e. The van der Waals surface area contributed by atoms with Gasteiger partial charge in [-0.25, -0.2) is 4.57 Å². The van der Waals surface area contributed by atoms with E-state index in [9.17, 15) is 19.0 Å². The van der Waals surface area contributed by atoms with Gasteiger partial charge in [-0.05, 0) is 70.6 Å². The molecule has 11 heteroatoms. The lowest BCUT2D eigenvalue weighted by Crippen LogP contribution is -2.34. The molecule has 0 saturated heterocycles. The van der Waals surface area contributed by atoms with Crippen LogP contribution in [0.4, 0.5) is 0 Å². The van der Waals surface area contributed by atoms with Crippen LogP contribution in [0.1, 0.15) is 174 Å². The molecular weight excluding hydrogens is 705 g/mol. The first kappa shape index (κ1) is 51.9. The molecular formula is C43H78NO9P. The molecule has 0 aliphatic heterocycles. The molecule has 0 fully saturated rings. The van der Waals surface area contributed by atoms with Gasteiger partial charge in [-0.3, -0.25) is 18.6 Å². The van der Waals surface area contributed by atoms with Gasteiger partial charge in [0.15, 0.2) is 0 Å². The first-order chi connectivity index (χ1) is 26.2. The maximum Gasteiger partial charge on any atom is 0.472 e. The van der Waals surface area contributed by atoms with Gasteiger partial charge in [0.1, 0.15) is 12.1 Å². The van der Waals surface area contributed by atoms with Crippen LogP contribution in [0.2, 0.25) is 0 Å². The Hall–Kier alpha value is -2.07. The van der Waals surface area contributed by atoms with Crippen LogP contribution >= 0.6 is 7.82 Å². The van der Waals surface area contributed by atoms with E-state index in [2.05, 4.69) is 62.5 Å². The van der Waals surface area contributed by atoms with Gasteiger partial charge in [-0.2, -0.15) is 0 Å². The number of ether oxygens (including phenoxy) is 2. The number of hydrogen-bond donors (Lipinski definition) is 3. The lowest BCUT2D eigenvalue weighted by Gasteiger charge is -2.20. The molecule has 3 atom stereocenters. The second kappa shape index (κ2) is 39.2. The second-order valence-corrected chi connectivity index (χ2v) is 15.6.